The fourth-order valence-corrected chi connectivity index (χ4v) is 2.75. The third-order valence-corrected chi connectivity index (χ3v) is 4.16. The van der Waals surface area contributed by atoms with Gasteiger partial charge >= 0.3 is 5.97 Å². The van der Waals surface area contributed by atoms with E-state index in [0.717, 1.165) is 13.0 Å². The first-order valence-corrected chi connectivity index (χ1v) is 7.41. The van der Waals surface area contributed by atoms with Crippen molar-refractivity contribution >= 4 is 11.9 Å². The third-order valence-electron chi connectivity index (χ3n) is 4.16. The Morgan fingerprint density at radius 2 is 2.00 bits per heavy atom. The Kier molecular flexibility index (Phi) is 5.19. The van der Waals surface area contributed by atoms with Crippen molar-refractivity contribution in [1.29, 1.82) is 0 Å². The van der Waals surface area contributed by atoms with Gasteiger partial charge in [0.15, 0.2) is 0 Å². The molecule has 2 N–H and O–H groups in total. The standard InChI is InChI=1S/C15H28N2O3/c1-6-15(13(19)20)8-7-9-17(10-15)11(2)12(18)16-14(3,4)5/h11H,6-10H2,1-5H3,(H,16,18)(H,19,20). The molecular formula is C15H28N2O3. The highest BCUT2D eigenvalue weighted by Gasteiger charge is 2.42. The Morgan fingerprint density at radius 1 is 1.40 bits per heavy atom. The molecule has 1 heterocycles. The summed E-state index contributed by atoms with van der Waals surface area (Å²) in [4.78, 5) is 25.8. The molecule has 0 bridgehead atoms. The molecule has 0 aromatic carbocycles. The zero-order chi connectivity index (χ0) is 15.6. The first kappa shape index (κ1) is 17.0. The summed E-state index contributed by atoms with van der Waals surface area (Å²) in [5.74, 6) is -0.775. The molecule has 2 unspecified atom stereocenters. The van der Waals surface area contributed by atoms with Crippen LogP contribution in [-0.2, 0) is 9.59 Å². The molecule has 0 aromatic rings. The van der Waals surface area contributed by atoms with E-state index in [0.29, 0.717) is 19.4 Å². The average Bonchev–Trinajstić information content (AvgIpc) is 2.35. The third kappa shape index (κ3) is 3.95. The fraction of sp³-hybridized carbons (Fsp3) is 0.867. The van der Waals surface area contributed by atoms with E-state index in [1.54, 1.807) is 0 Å². The van der Waals surface area contributed by atoms with Gasteiger partial charge in [-0.2, -0.15) is 0 Å². The van der Waals surface area contributed by atoms with E-state index < -0.39 is 11.4 Å². The van der Waals surface area contributed by atoms with Gasteiger partial charge in [-0.15, -0.1) is 0 Å². The van der Waals surface area contributed by atoms with Crippen LogP contribution < -0.4 is 5.32 Å². The quantitative estimate of drug-likeness (QED) is 0.827. The molecule has 5 heteroatoms. The fourth-order valence-electron chi connectivity index (χ4n) is 2.75. The van der Waals surface area contributed by atoms with Crippen LogP contribution in [-0.4, -0.2) is 46.6 Å². The predicted molar refractivity (Wildman–Crippen MR) is 78.5 cm³/mol. The summed E-state index contributed by atoms with van der Waals surface area (Å²) in [6, 6.07) is -0.292. The molecule has 0 saturated carbocycles. The van der Waals surface area contributed by atoms with E-state index >= 15 is 0 Å². The minimum absolute atomic E-state index is 0.0326. The van der Waals surface area contributed by atoms with Crippen LogP contribution in [0.4, 0.5) is 0 Å². The predicted octanol–water partition coefficient (Wildman–Crippen LogP) is 1.87. The van der Waals surface area contributed by atoms with Crippen molar-refractivity contribution in [3.05, 3.63) is 0 Å². The number of carboxylic acid groups (broad SMARTS) is 1. The SMILES string of the molecule is CCC1(C(=O)O)CCCN(C(C)C(=O)NC(C)(C)C)C1. The van der Waals surface area contributed by atoms with Crippen LogP contribution >= 0.6 is 0 Å². The monoisotopic (exact) mass is 284 g/mol. The highest BCUT2D eigenvalue weighted by Crippen LogP contribution is 2.34. The van der Waals surface area contributed by atoms with Crippen LogP contribution in [0.15, 0.2) is 0 Å². The van der Waals surface area contributed by atoms with Gasteiger partial charge in [0.05, 0.1) is 11.5 Å². The molecule has 0 spiro atoms. The Morgan fingerprint density at radius 3 is 2.45 bits per heavy atom. The van der Waals surface area contributed by atoms with Gasteiger partial charge in [-0.1, -0.05) is 6.92 Å². The van der Waals surface area contributed by atoms with Crippen LogP contribution in [0, 0.1) is 5.41 Å². The number of amides is 1. The maximum absolute atomic E-state index is 12.2. The molecule has 1 saturated heterocycles. The van der Waals surface area contributed by atoms with Gasteiger partial charge in [-0.3, -0.25) is 14.5 Å². The molecule has 2 atom stereocenters. The Labute approximate surface area is 121 Å². The zero-order valence-electron chi connectivity index (χ0n) is 13.3. The van der Waals surface area contributed by atoms with Crippen molar-refractivity contribution in [3.63, 3.8) is 0 Å². The Balaban J connectivity index is 2.76. The number of nitrogens with one attached hydrogen (secondary N) is 1. The molecule has 0 radical (unpaired) electrons. The first-order chi connectivity index (χ1) is 9.11. The average molecular weight is 284 g/mol. The smallest absolute Gasteiger partial charge is 0.310 e. The summed E-state index contributed by atoms with van der Waals surface area (Å²) in [7, 11) is 0. The molecule has 116 valence electrons. The maximum Gasteiger partial charge on any atom is 0.310 e. The number of aliphatic carboxylic acids is 1. The number of piperidine rings is 1. The summed E-state index contributed by atoms with van der Waals surface area (Å²) in [6.07, 6.45) is 2.13. The molecule has 20 heavy (non-hydrogen) atoms. The van der Waals surface area contributed by atoms with Crippen molar-refractivity contribution in [2.75, 3.05) is 13.1 Å². The summed E-state index contributed by atoms with van der Waals surface area (Å²) in [6.45, 7) is 10.8. The van der Waals surface area contributed by atoms with E-state index in [9.17, 15) is 14.7 Å². The van der Waals surface area contributed by atoms with Crippen LogP contribution in [0.3, 0.4) is 0 Å². The number of carbonyl (C=O) groups excluding carboxylic acids is 1. The van der Waals surface area contributed by atoms with Gasteiger partial charge in [0.2, 0.25) is 5.91 Å². The molecule has 1 amide bonds. The highest BCUT2D eigenvalue weighted by atomic mass is 16.4. The minimum atomic E-state index is -0.742. The van der Waals surface area contributed by atoms with Crippen LogP contribution in [0.25, 0.3) is 0 Å². The van der Waals surface area contributed by atoms with Crippen LogP contribution in [0.2, 0.25) is 0 Å². The molecule has 1 aliphatic rings. The van der Waals surface area contributed by atoms with Crippen molar-refractivity contribution < 1.29 is 14.7 Å². The van der Waals surface area contributed by atoms with E-state index in [1.165, 1.54) is 0 Å². The first-order valence-electron chi connectivity index (χ1n) is 7.41. The van der Waals surface area contributed by atoms with Gasteiger partial charge < -0.3 is 10.4 Å². The van der Waals surface area contributed by atoms with Crippen LogP contribution in [0.5, 0.6) is 0 Å². The summed E-state index contributed by atoms with van der Waals surface area (Å²) in [5, 5.41) is 12.4. The van der Waals surface area contributed by atoms with Crippen molar-refractivity contribution in [1.82, 2.24) is 10.2 Å². The second-order valence-corrected chi connectivity index (χ2v) is 6.93. The second-order valence-electron chi connectivity index (χ2n) is 6.93. The van der Waals surface area contributed by atoms with Gasteiger partial charge in [-0.05, 0) is 53.5 Å². The van der Waals surface area contributed by atoms with E-state index in [-0.39, 0.29) is 17.5 Å². The normalized spacial score (nSPS) is 26.1. The Bertz CT molecular complexity index is 376. The summed E-state index contributed by atoms with van der Waals surface area (Å²) in [5.41, 5.74) is -0.968. The van der Waals surface area contributed by atoms with E-state index in [1.807, 2.05) is 39.5 Å². The number of carboxylic acids is 1. The van der Waals surface area contributed by atoms with Crippen molar-refractivity contribution in [2.45, 2.75) is 65.5 Å². The molecular weight excluding hydrogens is 256 g/mol. The molecule has 0 aromatic heterocycles. The van der Waals surface area contributed by atoms with E-state index in [4.69, 9.17) is 0 Å². The highest BCUT2D eigenvalue weighted by molar-refractivity contribution is 5.82. The maximum atomic E-state index is 12.2. The summed E-state index contributed by atoms with van der Waals surface area (Å²) >= 11 is 0. The summed E-state index contributed by atoms with van der Waals surface area (Å²) < 4.78 is 0. The molecule has 1 aliphatic heterocycles. The molecule has 0 aliphatic carbocycles. The number of nitrogens with zero attached hydrogens (tertiary/aromatic N) is 1. The molecule has 1 rings (SSSR count). The zero-order valence-corrected chi connectivity index (χ0v) is 13.3. The largest absolute Gasteiger partial charge is 0.481 e. The van der Waals surface area contributed by atoms with Gasteiger partial charge in [0.1, 0.15) is 0 Å². The molecule has 5 nitrogen and oxygen atoms in total. The minimum Gasteiger partial charge on any atom is -0.481 e. The number of rotatable bonds is 4. The van der Waals surface area contributed by atoms with Crippen molar-refractivity contribution in [3.8, 4) is 0 Å². The lowest BCUT2D eigenvalue weighted by molar-refractivity contribution is -0.154. The number of hydrogen-bond donors (Lipinski definition) is 2. The number of likely N-dealkylation sites (tertiary alicyclic amines) is 1. The van der Waals surface area contributed by atoms with Gasteiger partial charge in [0.25, 0.3) is 0 Å². The van der Waals surface area contributed by atoms with E-state index in [2.05, 4.69) is 5.32 Å². The second kappa shape index (κ2) is 6.12. The Hall–Kier alpha value is -1.10. The van der Waals surface area contributed by atoms with Crippen molar-refractivity contribution in [2.24, 2.45) is 5.41 Å². The topological polar surface area (TPSA) is 69.6 Å². The van der Waals surface area contributed by atoms with Gasteiger partial charge in [-0.25, -0.2) is 0 Å². The van der Waals surface area contributed by atoms with Crippen LogP contribution in [0.1, 0.15) is 53.9 Å². The molecule has 1 fully saturated rings. The lowest BCUT2D eigenvalue weighted by Gasteiger charge is -2.42. The number of hydrogen-bond acceptors (Lipinski definition) is 3. The lowest BCUT2D eigenvalue weighted by atomic mass is 9.77. The number of carbonyl (C=O) groups is 2. The lowest BCUT2D eigenvalue weighted by Crippen LogP contribution is -2.56. The van der Waals surface area contributed by atoms with Gasteiger partial charge in [0, 0.05) is 12.1 Å².